The summed E-state index contributed by atoms with van der Waals surface area (Å²) in [6.07, 6.45) is 1.41. The molecule has 0 aliphatic rings. The molecule has 21 heavy (non-hydrogen) atoms. The first-order chi connectivity index (χ1) is 10.0. The predicted molar refractivity (Wildman–Crippen MR) is 81.9 cm³/mol. The zero-order chi connectivity index (χ0) is 15.4. The van der Waals surface area contributed by atoms with Crippen molar-refractivity contribution in [2.24, 2.45) is 0 Å². The monoisotopic (exact) mass is 285 g/mol. The highest BCUT2D eigenvalue weighted by Crippen LogP contribution is 2.21. The van der Waals surface area contributed by atoms with Crippen LogP contribution in [0.2, 0.25) is 0 Å². The van der Waals surface area contributed by atoms with Crippen LogP contribution >= 0.6 is 0 Å². The van der Waals surface area contributed by atoms with Crippen molar-refractivity contribution in [1.29, 1.82) is 0 Å². The number of nitrogen functional groups attached to an aromatic ring is 1. The Morgan fingerprint density at radius 1 is 1.29 bits per heavy atom. The smallest absolute Gasteiger partial charge is 0.343 e. The highest BCUT2D eigenvalue weighted by molar-refractivity contribution is 5.94. The van der Waals surface area contributed by atoms with Gasteiger partial charge >= 0.3 is 5.97 Å². The number of anilines is 1. The summed E-state index contributed by atoms with van der Waals surface area (Å²) in [6.45, 7) is 6.30. The number of nitrogens with zero attached hydrogens (tertiary/aromatic N) is 2. The van der Waals surface area contributed by atoms with Crippen LogP contribution < -0.4 is 5.73 Å². The Balaban J connectivity index is 2.29. The molecule has 0 amide bonds. The van der Waals surface area contributed by atoms with Gasteiger partial charge < -0.3 is 10.5 Å². The molecule has 0 saturated heterocycles. The second-order valence-electron chi connectivity index (χ2n) is 4.99. The number of rotatable bonds is 4. The molecule has 2 N–H and O–H groups in total. The molecule has 2 aromatic rings. The number of esters is 1. The van der Waals surface area contributed by atoms with Gasteiger partial charge in [0.2, 0.25) is 0 Å². The van der Waals surface area contributed by atoms with Gasteiger partial charge in [-0.3, -0.25) is 0 Å². The summed E-state index contributed by atoms with van der Waals surface area (Å²) >= 11 is 0. The molecule has 0 atom stereocenters. The van der Waals surface area contributed by atoms with E-state index < -0.39 is 5.97 Å². The zero-order valence-corrected chi connectivity index (χ0v) is 12.5. The van der Waals surface area contributed by atoms with Gasteiger partial charge in [0, 0.05) is 11.8 Å². The van der Waals surface area contributed by atoms with Crippen LogP contribution in [0.25, 0.3) is 11.4 Å². The Hall–Kier alpha value is -2.43. The number of carbonyl (C=O) groups is 1. The molecular formula is C16H19N3O2. The van der Waals surface area contributed by atoms with Crippen molar-refractivity contribution in [2.75, 3.05) is 12.3 Å². The fourth-order valence-corrected chi connectivity index (χ4v) is 1.92. The standard InChI is InChI=1S/C16H19N3O2/c1-4-21-16(20)13-9-18-15(19-14(13)17)12-7-5-11(6-8-12)10(2)3/h5-10H,4H2,1-3H3,(H2,17,18,19). The van der Waals surface area contributed by atoms with Crippen molar-refractivity contribution in [1.82, 2.24) is 9.97 Å². The third-order valence-corrected chi connectivity index (χ3v) is 3.15. The summed E-state index contributed by atoms with van der Waals surface area (Å²) in [5, 5.41) is 0. The van der Waals surface area contributed by atoms with E-state index in [1.807, 2.05) is 24.3 Å². The second kappa shape index (κ2) is 6.35. The van der Waals surface area contributed by atoms with Crippen molar-refractivity contribution in [3.63, 3.8) is 0 Å². The van der Waals surface area contributed by atoms with Gasteiger partial charge in [-0.1, -0.05) is 38.1 Å². The molecule has 1 aromatic carbocycles. The average Bonchev–Trinajstić information content (AvgIpc) is 2.47. The molecule has 0 aliphatic carbocycles. The highest BCUT2D eigenvalue weighted by atomic mass is 16.5. The zero-order valence-electron chi connectivity index (χ0n) is 12.5. The molecule has 0 bridgehead atoms. The van der Waals surface area contributed by atoms with Gasteiger partial charge in [-0.15, -0.1) is 0 Å². The number of hydrogen-bond donors (Lipinski definition) is 1. The van der Waals surface area contributed by atoms with Gasteiger partial charge in [-0.2, -0.15) is 0 Å². The van der Waals surface area contributed by atoms with Crippen LogP contribution in [-0.2, 0) is 4.74 Å². The van der Waals surface area contributed by atoms with Gasteiger partial charge in [0.25, 0.3) is 0 Å². The number of hydrogen-bond acceptors (Lipinski definition) is 5. The van der Waals surface area contributed by atoms with Crippen molar-refractivity contribution < 1.29 is 9.53 Å². The Kier molecular flexibility index (Phi) is 4.52. The fourth-order valence-electron chi connectivity index (χ4n) is 1.92. The van der Waals surface area contributed by atoms with Gasteiger partial charge in [-0.05, 0) is 18.4 Å². The minimum atomic E-state index is -0.503. The van der Waals surface area contributed by atoms with Gasteiger partial charge in [0.1, 0.15) is 11.4 Å². The van der Waals surface area contributed by atoms with Crippen LogP contribution in [0, 0.1) is 0 Å². The van der Waals surface area contributed by atoms with E-state index in [-0.39, 0.29) is 18.0 Å². The molecule has 2 rings (SSSR count). The molecule has 5 nitrogen and oxygen atoms in total. The van der Waals surface area contributed by atoms with Crippen molar-refractivity contribution >= 4 is 11.8 Å². The Morgan fingerprint density at radius 3 is 2.48 bits per heavy atom. The number of aromatic nitrogens is 2. The van der Waals surface area contributed by atoms with Gasteiger partial charge in [-0.25, -0.2) is 14.8 Å². The van der Waals surface area contributed by atoms with Crippen molar-refractivity contribution in [2.45, 2.75) is 26.7 Å². The topological polar surface area (TPSA) is 78.1 Å². The van der Waals surface area contributed by atoms with E-state index >= 15 is 0 Å². The molecule has 5 heteroatoms. The van der Waals surface area contributed by atoms with E-state index in [4.69, 9.17) is 10.5 Å². The molecule has 0 unspecified atom stereocenters. The lowest BCUT2D eigenvalue weighted by Gasteiger charge is -2.08. The first-order valence-corrected chi connectivity index (χ1v) is 6.93. The third-order valence-electron chi connectivity index (χ3n) is 3.15. The third kappa shape index (κ3) is 3.37. The summed E-state index contributed by atoms with van der Waals surface area (Å²) in [5.74, 6) is 0.593. The molecule has 0 radical (unpaired) electrons. The Labute approximate surface area is 124 Å². The maximum absolute atomic E-state index is 11.7. The Morgan fingerprint density at radius 2 is 1.95 bits per heavy atom. The lowest BCUT2D eigenvalue weighted by molar-refractivity contribution is 0.0527. The molecule has 0 saturated carbocycles. The summed E-state index contributed by atoms with van der Waals surface area (Å²) < 4.78 is 4.90. The SMILES string of the molecule is CCOC(=O)c1cnc(-c2ccc(C(C)C)cc2)nc1N. The fraction of sp³-hybridized carbons (Fsp3) is 0.312. The summed E-state index contributed by atoms with van der Waals surface area (Å²) in [5.41, 5.74) is 8.12. The quantitative estimate of drug-likeness (QED) is 0.874. The summed E-state index contributed by atoms with van der Waals surface area (Å²) in [7, 11) is 0. The molecule has 1 heterocycles. The lowest BCUT2D eigenvalue weighted by Crippen LogP contribution is -2.10. The van der Waals surface area contributed by atoms with Crippen LogP contribution in [-0.4, -0.2) is 22.5 Å². The van der Waals surface area contributed by atoms with E-state index in [0.29, 0.717) is 11.7 Å². The molecule has 0 aliphatic heterocycles. The van der Waals surface area contributed by atoms with Gasteiger partial charge in [0.05, 0.1) is 6.61 Å². The second-order valence-corrected chi connectivity index (χ2v) is 4.99. The van der Waals surface area contributed by atoms with E-state index in [9.17, 15) is 4.79 Å². The van der Waals surface area contributed by atoms with Crippen LogP contribution in [0.15, 0.2) is 30.5 Å². The molecule has 0 fully saturated rings. The van der Waals surface area contributed by atoms with E-state index in [1.54, 1.807) is 6.92 Å². The number of ether oxygens (including phenoxy) is 1. The maximum atomic E-state index is 11.7. The molecule has 1 aromatic heterocycles. The largest absolute Gasteiger partial charge is 0.462 e. The van der Waals surface area contributed by atoms with E-state index in [0.717, 1.165) is 5.56 Å². The molecule has 0 spiro atoms. The number of benzene rings is 1. The van der Waals surface area contributed by atoms with Crippen molar-refractivity contribution in [3.05, 3.63) is 41.6 Å². The highest BCUT2D eigenvalue weighted by Gasteiger charge is 2.14. The van der Waals surface area contributed by atoms with Crippen LogP contribution in [0.1, 0.15) is 42.6 Å². The minimum absolute atomic E-state index is 0.131. The molecule has 110 valence electrons. The predicted octanol–water partition coefficient (Wildman–Crippen LogP) is 3.03. The van der Waals surface area contributed by atoms with Crippen molar-refractivity contribution in [3.8, 4) is 11.4 Å². The van der Waals surface area contributed by atoms with Crippen LogP contribution in [0.3, 0.4) is 0 Å². The normalized spacial score (nSPS) is 10.7. The lowest BCUT2D eigenvalue weighted by atomic mass is 10.0. The van der Waals surface area contributed by atoms with Gasteiger partial charge in [0.15, 0.2) is 5.82 Å². The van der Waals surface area contributed by atoms with Crippen LogP contribution in [0.4, 0.5) is 5.82 Å². The van der Waals surface area contributed by atoms with Crippen LogP contribution in [0.5, 0.6) is 0 Å². The Bertz CT molecular complexity index is 636. The summed E-state index contributed by atoms with van der Waals surface area (Å²) in [4.78, 5) is 20.0. The van der Waals surface area contributed by atoms with E-state index in [2.05, 4.69) is 23.8 Å². The first kappa shape index (κ1) is 15.0. The minimum Gasteiger partial charge on any atom is -0.462 e. The van der Waals surface area contributed by atoms with E-state index in [1.165, 1.54) is 11.8 Å². The maximum Gasteiger partial charge on any atom is 0.343 e. The first-order valence-electron chi connectivity index (χ1n) is 6.93. The molecular weight excluding hydrogens is 266 g/mol. The average molecular weight is 285 g/mol. The summed E-state index contributed by atoms with van der Waals surface area (Å²) in [6, 6.07) is 7.99. The number of nitrogens with two attached hydrogens (primary N) is 1. The number of carbonyl (C=O) groups excluding carboxylic acids is 1.